The fraction of sp³-hybridized carbons (Fsp3) is 0.500. The quantitative estimate of drug-likeness (QED) is 0.769. The molecule has 3 atom stereocenters. The van der Waals surface area contributed by atoms with Gasteiger partial charge in [0.05, 0.1) is 13.0 Å². The Kier molecular flexibility index (Phi) is 6.65. The third-order valence-electron chi connectivity index (χ3n) is 6.36. The summed E-state index contributed by atoms with van der Waals surface area (Å²) in [5.41, 5.74) is 10.4. The molecule has 2 N–H and O–H groups in total. The Bertz CT molecular complexity index is 855. The number of aryl methyl sites for hydroxylation is 1. The molecule has 6 heteroatoms. The van der Waals surface area contributed by atoms with Gasteiger partial charge in [0.25, 0.3) is 0 Å². The number of hydrazine groups is 1. The first-order valence-corrected chi connectivity index (χ1v) is 11.1. The number of nitrogens with one attached hydrogen (secondary N) is 2. The summed E-state index contributed by atoms with van der Waals surface area (Å²) in [5.74, 6) is 1.39. The number of aromatic nitrogens is 1. The van der Waals surface area contributed by atoms with Crippen LogP contribution in [-0.2, 0) is 11.2 Å². The average molecular weight is 409 g/mol. The predicted octanol–water partition coefficient (Wildman–Crippen LogP) is 2.97. The molecule has 1 aromatic heterocycles. The minimum absolute atomic E-state index is 0.196. The standard InChI is InChI=1S/C24H32N4O2/c1-3-30-19-9-7-18(8-10-19)14-23(29)28-13-5-4-6-22(28)24-21(16-26-27-24)20-11-12-25-15-17(20)2/h7-12,15,21-22,24,26-27H,3-6,13-14,16H2,1-2H3. The molecule has 0 bridgehead atoms. The molecule has 2 saturated heterocycles. The molecular formula is C24H32N4O2. The molecular weight excluding hydrogens is 376 g/mol. The Balaban J connectivity index is 1.49. The average Bonchev–Trinajstić information content (AvgIpc) is 3.25. The van der Waals surface area contributed by atoms with Gasteiger partial charge in [0, 0.05) is 43.5 Å². The minimum Gasteiger partial charge on any atom is -0.494 e. The fourth-order valence-corrected chi connectivity index (χ4v) is 4.87. The molecule has 1 aromatic carbocycles. The summed E-state index contributed by atoms with van der Waals surface area (Å²) in [4.78, 5) is 19.7. The second-order valence-corrected chi connectivity index (χ2v) is 8.29. The summed E-state index contributed by atoms with van der Waals surface area (Å²) in [6.45, 7) is 6.44. The Hall–Kier alpha value is -2.44. The van der Waals surface area contributed by atoms with Gasteiger partial charge in [-0.25, -0.2) is 0 Å². The Morgan fingerprint density at radius 3 is 2.83 bits per heavy atom. The van der Waals surface area contributed by atoms with Crippen molar-refractivity contribution in [3.05, 3.63) is 59.4 Å². The smallest absolute Gasteiger partial charge is 0.227 e. The number of rotatable bonds is 6. The Morgan fingerprint density at radius 2 is 2.07 bits per heavy atom. The summed E-state index contributed by atoms with van der Waals surface area (Å²) < 4.78 is 5.52. The maximum absolute atomic E-state index is 13.3. The van der Waals surface area contributed by atoms with Crippen LogP contribution in [0.3, 0.4) is 0 Å². The lowest BCUT2D eigenvalue weighted by atomic mass is 9.83. The SMILES string of the molecule is CCOc1ccc(CC(=O)N2CCCCC2C2NNCC2c2ccncc2C)cc1. The van der Waals surface area contributed by atoms with Crippen LogP contribution in [0.25, 0.3) is 0 Å². The van der Waals surface area contributed by atoms with Crippen LogP contribution in [0.2, 0.25) is 0 Å². The van der Waals surface area contributed by atoms with E-state index < -0.39 is 0 Å². The van der Waals surface area contributed by atoms with E-state index in [9.17, 15) is 4.79 Å². The van der Waals surface area contributed by atoms with E-state index in [2.05, 4.69) is 33.7 Å². The summed E-state index contributed by atoms with van der Waals surface area (Å²) in [6, 6.07) is 10.4. The first-order chi connectivity index (χ1) is 14.7. The van der Waals surface area contributed by atoms with Gasteiger partial charge in [-0.05, 0) is 68.0 Å². The van der Waals surface area contributed by atoms with Crippen LogP contribution < -0.4 is 15.6 Å². The van der Waals surface area contributed by atoms with E-state index in [0.717, 1.165) is 43.7 Å². The molecule has 0 saturated carbocycles. The number of ether oxygens (including phenoxy) is 1. The monoisotopic (exact) mass is 408 g/mol. The number of hydrogen-bond acceptors (Lipinski definition) is 5. The van der Waals surface area contributed by atoms with Gasteiger partial charge >= 0.3 is 0 Å². The number of nitrogens with zero attached hydrogens (tertiary/aromatic N) is 2. The molecule has 2 aliphatic rings. The number of carbonyl (C=O) groups is 1. The van der Waals surface area contributed by atoms with Crippen molar-refractivity contribution < 1.29 is 9.53 Å². The molecule has 0 radical (unpaired) electrons. The summed E-state index contributed by atoms with van der Waals surface area (Å²) in [6.07, 6.45) is 7.51. The lowest BCUT2D eigenvalue weighted by Gasteiger charge is -2.41. The van der Waals surface area contributed by atoms with Gasteiger partial charge in [-0.2, -0.15) is 0 Å². The van der Waals surface area contributed by atoms with Crippen molar-refractivity contribution in [2.45, 2.75) is 57.5 Å². The van der Waals surface area contributed by atoms with Crippen LogP contribution in [-0.4, -0.2) is 47.6 Å². The molecule has 0 aliphatic carbocycles. The zero-order chi connectivity index (χ0) is 20.9. The van der Waals surface area contributed by atoms with E-state index in [1.165, 1.54) is 11.1 Å². The molecule has 2 aliphatic heterocycles. The molecule has 0 spiro atoms. The van der Waals surface area contributed by atoms with E-state index in [4.69, 9.17) is 4.74 Å². The Labute approximate surface area is 179 Å². The topological polar surface area (TPSA) is 66.5 Å². The van der Waals surface area contributed by atoms with Crippen molar-refractivity contribution >= 4 is 5.91 Å². The van der Waals surface area contributed by atoms with E-state index in [-0.39, 0.29) is 18.0 Å². The van der Waals surface area contributed by atoms with Gasteiger partial charge in [0.15, 0.2) is 0 Å². The lowest BCUT2D eigenvalue weighted by molar-refractivity contribution is -0.135. The minimum atomic E-state index is 0.196. The van der Waals surface area contributed by atoms with Gasteiger partial charge in [-0.1, -0.05) is 12.1 Å². The normalized spacial score (nSPS) is 24.1. The molecule has 2 aromatic rings. The second kappa shape index (κ2) is 9.58. The van der Waals surface area contributed by atoms with Gasteiger partial charge in [-0.15, -0.1) is 0 Å². The fourth-order valence-electron chi connectivity index (χ4n) is 4.87. The third-order valence-corrected chi connectivity index (χ3v) is 6.36. The van der Waals surface area contributed by atoms with Crippen LogP contribution >= 0.6 is 0 Å². The van der Waals surface area contributed by atoms with Gasteiger partial charge < -0.3 is 9.64 Å². The Morgan fingerprint density at radius 1 is 1.23 bits per heavy atom. The molecule has 30 heavy (non-hydrogen) atoms. The lowest BCUT2D eigenvalue weighted by Crippen LogP contribution is -2.55. The highest BCUT2D eigenvalue weighted by Crippen LogP contribution is 2.32. The van der Waals surface area contributed by atoms with E-state index in [0.29, 0.717) is 18.9 Å². The number of benzene rings is 1. The number of carbonyl (C=O) groups excluding carboxylic acids is 1. The van der Waals surface area contributed by atoms with Crippen molar-refractivity contribution in [3.8, 4) is 5.75 Å². The maximum atomic E-state index is 13.3. The van der Waals surface area contributed by atoms with Crippen LogP contribution in [0.5, 0.6) is 5.75 Å². The summed E-state index contributed by atoms with van der Waals surface area (Å²) in [7, 11) is 0. The number of pyridine rings is 1. The maximum Gasteiger partial charge on any atom is 0.227 e. The predicted molar refractivity (Wildman–Crippen MR) is 117 cm³/mol. The molecule has 3 heterocycles. The highest BCUT2D eigenvalue weighted by Gasteiger charge is 2.40. The first-order valence-electron chi connectivity index (χ1n) is 11.1. The zero-order valence-corrected chi connectivity index (χ0v) is 17.9. The number of likely N-dealkylation sites (tertiary alicyclic amines) is 1. The third kappa shape index (κ3) is 4.50. The first kappa shape index (κ1) is 20.8. The van der Waals surface area contributed by atoms with Gasteiger partial charge in [0.1, 0.15) is 5.75 Å². The molecule has 1 amide bonds. The molecule has 4 rings (SSSR count). The van der Waals surface area contributed by atoms with Crippen molar-refractivity contribution in [1.82, 2.24) is 20.7 Å². The number of piperidine rings is 1. The highest BCUT2D eigenvalue weighted by molar-refractivity contribution is 5.79. The van der Waals surface area contributed by atoms with Crippen LogP contribution in [0.15, 0.2) is 42.7 Å². The van der Waals surface area contributed by atoms with Gasteiger partial charge in [0.2, 0.25) is 5.91 Å². The van der Waals surface area contributed by atoms with Crippen molar-refractivity contribution in [2.24, 2.45) is 0 Å². The summed E-state index contributed by atoms with van der Waals surface area (Å²) in [5, 5.41) is 0. The van der Waals surface area contributed by atoms with Crippen LogP contribution in [0, 0.1) is 6.92 Å². The summed E-state index contributed by atoms with van der Waals surface area (Å²) >= 11 is 0. The van der Waals surface area contributed by atoms with E-state index in [1.54, 1.807) is 0 Å². The van der Waals surface area contributed by atoms with E-state index in [1.807, 2.05) is 43.6 Å². The van der Waals surface area contributed by atoms with Crippen molar-refractivity contribution in [2.75, 3.05) is 19.7 Å². The van der Waals surface area contributed by atoms with E-state index >= 15 is 0 Å². The number of hydrogen-bond donors (Lipinski definition) is 2. The number of amides is 1. The van der Waals surface area contributed by atoms with Crippen molar-refractivity contribution in [1.29, 1.82) is 0 Å². The van der Waals surface area contributed by atoms with Gasteiger partial charge in [-0.3, -0.25) is 20.6 Å². The second-order valence-electron chi connectivity index (χ2n) is 8.29. The van der Waals surface area contributed by atoms with Crippen molar-refractivity contribution in [3.63, 3.8) is 0 Å². The van der Waals surface area contributed by atoms with Crippen LogP contribution in [0.4, 0.5) is 0 Å². The molecule has 160 valence electrons. The molecule has 3 unspecified atom stereocenters. The largest absolute Gasteiger partial charge is 0.494 e. The molecule has 6 nitrogen and oxygen atoms in total. The van der Waals surface area contributed by atoms with Crippen LogP contribution in [0.1, 0.15) is 48.8 Å². The zero-order valence-electron chi connectivity index (χ0n) is 17.9. The molecule has 2 fully saturated rings. The highest BCUT2D eigenvalue weighted by atomic mass is 16.5.